The summed E-state index contributed by atoms with van der Waals surface area (Å²) in [6.07, 6.45) is 0. The Balaban J connectivity index is 1.73. The van der Waals surface area contributed by atoms with Crippen LogP contribution in [0.15, 0.2) is 33.6 Å². The fourth-order valence-corrected chi connectivity index (χ4v) is 4.43. The predicted molar refractivity (Wildman–Crippen MR) is 97.5 cm³/mol. The van der Waals surface area contributed by atoms with Crippen molar-refractivity contribution in [2.45, 2.75) is 31.6 Å². The van der Waals surface area contributed by atoms with Crippen LogP contribution in [0.25, 0.3) is 0 Å². The van der Waals surface area contributed by atoms with Crippen molar-refractivity contribution >= 4 is 15.9 Å². The number of benzene rings is 1. The molecule has 0 unspecified atom stereocenters. The van der Waals surface area contributed by atoms with E-state index in [2.05, 4.69) is 18.8 Å². The van der Waals surface area contributed by atoms with Crippen LogP contribution >= 0.6 is 0 Å². The lowest BCUT2D eigenvalue weighted by Crippen LogP contribution is -2.48. The van der Waals surface area contributed by atoms with Crippen molar-refractivity contribution in [1.82, 2.24) is 9.29 Å². The number of aromatic nitrogens is 1. The molecule has 7 nitrogen and oxygen atoms in total. The third-order valence-electron chi connectivity index (χ3n) is 4.53. The molecule has 1 fully saturated rings. The Labute approximate surface area is 153 Å². The molecule has 2 aromatic rings. The molecule has 1 saturated heterocycles. The standard InChI is InChI=1S/C18H22N4O3S/c1-13(2)15-4-6-16(7-5-15)26(23,24)22-10-8-21(9-11-22)18-17(12-19)20-14(3)25-18/h4-7,13H,8-11H2,1-3H3. The molecule has 26 heavy (non-hydrogen) atoms. The number of aryl methyl sites for hydroxylation is 1. The maximum Gasteiger partial charge on any atom is 0.243 e. The summed E-state index contributed by atoms with van der Waals surface area (Å²) in [4.78, 5) is 6.22. The highest BCUT2D eigenvalue weighted by molar-refractivity contribution is 7.89. The van der Waals surface area contributed by atoms with Gasteiger partial charge in [0.1, 0.15) is 6.07 Å². The van der Waals surface area contributed by atoms with Crippen LogP contribution in [0.4, 0.5) is 5.88 Å². The van der Waals surface area contributed by atoms with Gasteiger partial charge in [-0.3, -0.25) is 0 Å². The molecule has 1 aliphatic rings. The number of nitrogens with zero attached hydrogens (tertiary/aromatic N) is 4. The number of hydrogen-bond donors (Lipinski definition) is 0. The molecular weight excluding hydrogens is 352 g/mol. The Morgan fingerprint density at radius 3 is 2.31 bits per heavy atom. The molecule has 0 radical (unpaired) electrons. The molecule has 0 atom stereocenters. The number of piperazine rings is 1. The molecule has 1 aromatic carbocycles. The molecule has 0 amide bonds. The highest BCUT2D eigenvalue weighted by atomic mass is 32.2. The number of oxazole rings is 1. The third-order valence-corrected chi connectivity index (χ3v) is 6.45. The maximum atomic E-state index is 12.9. The van der Waals surface area contributed by atoms with Crippen LogP contribution in [0.3, 0.4) is 0 Å². The zero-order valence-corrected chi connectivity index (χ0v) is 16.0. The number of nitriles is 1. The summed E-state index contributed by atoms with van der Waals surface area (Å²) in [6.45, 7) is 7.40. The lowest BCUT2D eigenvalue weighted by Gasteiger charge is -2.33. The van der Waals surface area contributed by atoms with Gasteiger partial charge in [0, 0.05) is 33.1 Å². The van der Waals surface area contributed by atoms with Gasteiger partial charge in [0.2, 0.25) is 21.6 Å². The van der Waals surface area contributed by atoms with Crippen LogP contribution in [-0.4, -0.2) is 43.9 Å². The molecule has 2 heterocycles. The Hall–Kier alpha value is -2.37. The topological polar surface area (TPSA) is 90.4 Å². The van der Waals surface area contributed by atoms with Gasteiger partial charge >= 0.3 is 0 Å². The molecule has 1 aromatic heterocycles. The van der Waals surface area contributed by atoms with Crippen molar-refractivity contribution < 1.29 is 12.8 Å². The molecular formula is C18H22N4O3S. The number of sulfonamides is 1. The second-order valence-electron chi connectivity index (χ2n) is 6.61. The van der Waals surface area contributed by atoms with Gasteiger partial charge in [0.15, 0.2) is 5.89 Å². The van der Waals surface area contributed by atoms with Gasteiger partial charge < -0.3 is 9.32 Å². The fourth-order valence-electron chi connectivity index (χ4n) is 3.01. The van der Waals surface area contributed by atoms with Crippen LogP contribution in [0.5, 0.6) is 0 Å². The minimum Gasteiger partial charge on any atom is -0.424 e. The molecule has 138 valence electrons. The molecule has 3 rings (SSSR count). The van der Waals surface area contributed by atoms with E-state index in [1.165, 1.54) is 4.31 Å². The largest absolute Gasteiger partial charge is 0.424 e. The third kappa shape index (κ3) is 3.45. The zero-order chi connectivity index (χ0) is 18.9. The van der Waals surface area contributed by atoms with Crippen LogP contribution in [0.2, 0.25) is 0 Å². The first-order chi connectivity index (χ1) is 12.3. The summed E-state index contributed by atoms with van der Waals surface area (Å²) in [5, 5.41) is 9.15. The van der Waals surface area contributed by atoms with Gasteiger partial charge in [0.25, 0.3) is 0 Å². The monoisotopic (exact) mass is 374 g/mol. The Bertz CT molecular complexity index is 918. The summed E-state index contributed by atoms with van der Waals surface area (Å²) >= 11 is 0. The summed E-state index contributed by atoms with van der Waals surface area (Å²) < 4.78 is 32.7. The average Bonchev–Trinajstić information content (AvgIpc) is 3.02. The highest BCUT2D eigenvalue weighted by Crippen LogP contribution is 2.25. The fraction of sp³-hybridized carbons (Fsp3) is 0.444. The molecule has 0 N–H and O–H groups in total. The summed E-state index contributed by atoms with van der Waals surface area (Å²) in [5.41, 5.74) is 1.35. The quantitative estimate of drug-likeness (QED) is 0.817. The van der Waals surface area contributed by atoms with Crippen LogP contribution in [0, 0.1) is 18.3 Å². The minimum absolute atomic E-state index is 0.239. The van der Waals surface area contributed by atoms with Crippen LogP contribution in [-0.2, 0) is 10.0 Å². The first-order valence-corrected chi connectivity index (χ1v) is 9.99. The Kier molecular flexibility index (Phi) is 5.03. The Morgan fingerprint density at radius 2 is 1.77 bits per heavy atom. The minimum atomic E-state index is -3.53. The van der Waals surface area contributed by atoms with Gasteiger partial charge in [-0.1, -0.05) is 26.0 Å². The van der Waals surface area contributed by atoms with Gasteiger partial charge in [0.05, 0.1) is 4.90 Å². The van der Waals surface area contributed by atoms with E-state index >= 15 is 0 Å². The molecule has 1 aliphatic heterocycles. The Morgan fingerprint density at radius 1 is 1.15 bits per heavy atom. The maximum absolute atomic E-state index is 12.9. The van der Waals surface area contributed by atoms with E-state index in [0.29, 0.717) is 48.8 Å². The van der Waals surface area contributed by atoms with E-state index < -0.39 is 10.0 Å². The second-order valence-corrected chi connectivity index (χ2v) is 8.55. The smallest absolute Gasteiger partial charge is 0.243 e. The average molecular weight is 374 g/mol. The van der Waals surface area contributed by atoms with Crippen molar-refractivity contribution in [1.29, 1.82) is 5.26 Å². The lowest BCUT2D eigenvalue weighted by molar-refractivity contribution is 0.372. The van der Waals surface area contributed by atoms with Gasteiger partial charge in [-0.25, -0.2) is 13.4 Å². The SMILES string of the molecule is Cc1nc(C#N)c(N2CCN(S(=O)(=O)c3ccc(C(C)C)cc3)CC2)o1. The predicted octanol–water partition coefficient (Wildman–Crippen LogP) is 2.49. The second kappa shape index (κ2) is 7.09. The summed E-state index contributed by atoms with van der Waals surface area (Å²) in [7, 11) is -3.53. The van der Waals surface area contributed by atoms with Crippen molar-refractivity contribution in [2.75, 3.05) is 31.1 Å². The van der Waals surface area contributed by atoms with E-state index in [4.69, 9.17) is 9.68 Å². The van der Waals surface area contributed by atoms with Crippen molar-refractivity contribution in [3.63, 3.8) is 0 Å². The van der Waals surface area contributed by atoms with E-state index in [1.54, 1.807) is 19.1 Å². The summed E-state index contributed by atoms with van der Waals surface area (Å²) in [6, 6.07) is 9.09. The van der Waals surface area contributed by atoms with Gasteiger partial charge in [-0.05, 0) is 23.6 Å². The first kappa shape index (κ1) is 18.4. The molecule has 0 aliphatic carbocycles. The van der Waals surface area contributed by atoms with E-state index in [1.807, 2.05) is 23.1 Å². The van der Waals surface area contributed by atoms with E-state index in [-0.39, 0.29) is 5.69 Å². The molecule has 0 bridgehead atoms. The molecule has 0 spiro atoms. The number of hydrogen-bond acceptors (Lipinski definition) is 6. The first-order valence-electron chi connectivity index (χ1n) is 8.55. The van der Waals surface area contributed by atoms with Crippen molar-refractivity contribution in [2.24, 2.45) is 0 Å². The number of anilines is 1. The van der Waals surface area contributed by atoms with Crippen molar-refractivity contribution in [3.8, 4) is 6.07 Å². The molecule has 8 heteroatoms. The lowest BCUT2D eigenvalue weighted by atomic mass is 10.0. The summed E-state index contributed by atoms with van der Waals surface area (Å²) in [5.74, 6) is 1.20. The van der Waals surface area contributed by atoms with Crippen LogP contribution < -0.4 is 4.90 Å². The highest BCUT2D eigenvalue weighted by Gasteiger charge is 2.30. The van der Waals surface area contributed by atoms with Gasteiger partial charge in [-0.15, -0.1) is 0 Å². The molecule has 0 saturated carbocycles. The van der Waals surface area contributed by atoms with Crippen LogP contribution in [0.1, 0.15) is 36.9 Å². The van der Waals surface area contributed by atoms with E-state index in [0.717, 1.165) is 5.56 Å². The van der Waals surface area contributed by atoms with Crippen molar-refractivity contribution in [3.05, 3.63) is 41.4 Å². The zero-order valence-electron chi connectivity index (χ0n) is 15.1. The van der Waals surface area contributed by atoms with Gasteiger partial charge in [-0.2, -0.15) is 9.57 Å². The normalized spacial score (nSPS) is 16.0. The van der Waals surface area contributed by atoms with E-state index in [9.17, 15) is 8.42 Å². The number of rotatable bonds is 4.